The fourth-order valence-corrected chi connectivity index (χ4v) is 137. The van der Waals surface area contributed by atoms with E-state index in [1.165, 1.54) is 0 Å². The van der Waals surface area contributed by atoms with E-state index in [2.05, 4.69) is 165 Å². The van der Waals surface area contributed by atoms with Gasteiger partial charge in [-0.05, 0) is 38.5 Å². The lowest BCUT2D eigenvalue weighted by atomic mass is 10.3. The second-order valence-electron chi connectivity index (χ2n) is 17.1. The van der Waals surface area contributed by atoms with Gasteiger partial charge in [-0.25, -0.2) is 0 Å². The van der Waals surface area contributed by atoms with Gasteiger partial charge < -0.3 is 16.9 Å². The van der Waals surface area contributed by atoms with Crippen molar-refractivity contribution >= 4 is 62.4 Å². The smallest absolute Gasteiger partial charge is 0.245 e. The molecule has 0 aromatic rings. The van der Waals surface area contributed by atoms with Crippen LogP contribution >= 0.6 is 14.0 Å². The fourth-order valence-electron chi connectivity index (χ4n) is 5.81. The molecule has 1 rings (SSSR count). The van der Waals surface area contributed by atoms with Gasteiger partial charge in [0, 0.05) is 0 Å². The molecule has 1 fully saturated rings. The first-order valence-electron chi connectivity index (χ1n) is 13.9. The third kappa shape index (κ3) is 5.96. The molecule has 0 aromatic heterocycles. The minimum Gasteiger partial charge on any atom is -0.330 e. The molecule has 4 nitrogen and oxygen atoms in total. The van der Waals surface area contributed by atoms with Crippen molar-refractivity contribution in [1.29, 1.82) is 0 Å². The molecule has 0 atom stereocenters. The highest BCUT2D eigenvalue weighted by atomic mass is 32.1. The van der Waals surface area contributed by atoms with Crippen LogP contribution in [0, 0.1) is 0 Å². The van der Waals surface area contributed by atoms with Gasteiger partial charge in [0.1, 0.15) is 32.9 Å². The summed E-state index contributed by atoms with van der Waals surface area (Å²) in [6, 6.07) is 0. The number of hydrogen-bond donors (Lipinski definition) is 0. The monoisotopic (exact) mass is 640 g/mol. The molecule has 0 radical (unpaired) electrons. The topological polar surface area (TPSA) is 13.0 Å². The summed E-state index contributed by atoms with van der Waals surface area (Å²) in [5, 5.41) is 0.670. The van der Waals surface area contributed by atoms with Gasteiger partial charge in [0.15, 0.2) is 0 Å². The SMILES string of the molecule is CN([Si](C)(C)C)[Si]1(N(C)[Si](C)(C)C)P(C(C)(C)C)[Si](N(C)[Si](C)(C)C)(N(C)[Si](C)(C)C)P1C(C)(C)C. The minimum absolute atomic E-state index is 0.203. The molecule has 0 bridgehead atoms. The molecule has 1 aliphatic heterocycles. The van der Waals surface area contributed by atoms with Gasteiger partial charge in [-0.1, -0.05) is 134 Å². The van der Waals surface area contributed by atoms with Gasteiger partial charge in [-0.3, -0.25) is 0 Å². The van der Waals surface area contributed by atoms with E-state index in [9.17, 15) is 0 Å². The Bertz CT molecular complexity index is 669. The number of nitrogens with zero attached hydrogens (tertiary/aromatic N) is 4. The van der Waals surface area contributed by atoms with Crippen LogP contribution in [0.1, 0.15) is 41.5 Å². The van der Waals surface area contributed by atoms with Gasteiger partial charge in [-0.2, -0.15) is 0 Å². The van der Waals surface area contributed by atoms with Crippen molar-refractivity contribution in [2.24, 2.45) is 0 Å². The molecule has 0 unspecified atom stereocenters. The van der Waals surface area contributed by atoms with Crippen LogP contribution in [0.5, 0.6) is 0 Å². The van der Waals surface area contributed by atoms with E-state index in [4.69, 9.17) is 0 Å². The molecular weight excluding hydrogens is 575 g/mol. The van der Waals surface area contributed by atoms with E-state index < -0.39 is 48.4 Å². The van der Waals surface area contributed by atoms with E-state index in [1.54, 1.807) is 0 Å². The van der Waals surface area contributed by atoms with E-state index in [1.807, 2.05) is 0 Å². The van der Waals surface area contributed by atoms with Gasteiger partial charge in [-0.15, -0.1) is 0 Å². The fraction of sp³-hybridized carbons (Fsp3) is 1.00. The van der Waals surface area contributed by atoms with E-state index in [0.29, 0.717) is 10.3 Å². The third-order valence-corrected chi connectivity index (χ3v) is 89.2. The maximum atomic E-state index is 3.19. The first-order chi connectivity index (χ1) is 15.4. The van der Waals surface area contributed by atoms with Crippen LogP contribution in [-0.4, -0.2) is 104 Å². The molecule has 1 aliphatic rings. The second kappa shape index (κ2) is 10.4. The molecule has 36 heavy (non-hydrogen) atoms. The van der Waals surface area contributed by atoms with Crippen molar-refractivity contribution in [1.82, 2.24) is 16.9 Å². The molecule has 0 saturated carbocycles. The Morgan fingerprint density at radius 2 is 0.528 bits per heavy atom. The van der Waals surface area contributed by atoms with Gasteiger partial charge in [0.25, 0.3) is 0 Å². The highest BCUT2D eigenvalue weighted by molar-refractivity contribution is 8.66. The highest BCUT2D eigenvalue weighted by Crippen LogP contribution is 2.95. The quantitative estimate of drug-likeness (QED) is 0.195. The summed E-state index contributed by atoms with van der Waals surface area (Å²) in [5.41, 5.74) is 0. The predicted molar refractivity (Wildman–Crippen MR) is 189 cm³/mol. The lowest BCUT2D eigenvalue weighted by Gasteiger charge is -2.82. The molecule has 1 saturated heterocycles. The van der Waals surface area contributed by atoms with Crippen molar-refractivity contribution in [3.8, 4) is 0 Å². The maximum absolute atomic E-state index is 3.19. The summed E-state index contributed by atoms with van der Waals surface area (Å²) in [4.78, 5) is 0. The molecule has 0 aliphatic carbocycles. The van der Waals surface area contributed by atoms with E-state index in [0.717, 1.165) is 0 Å². The van der Waals surface area contributed by atoms with Gasteiger partial charge in [0.2, 0.25) is 15.5 Å². The molecule has 0 aromatic carbocycles. The first kappa shape index (κ1) is 36.0. The lowest BCUT2D eigenvalue weighted by Crippen LogP contribution is -2.90. The molecule has 0 N–H and O–H groups in total. The van der Waals surface area contributed by atoms with E-state index >= 15 is 0 Å². The predicted octanol–water partition coefficient (Wildman–Crippen LogP) is 8.50. The lowest BCUT2D eigenvalue weighted by molar-refractivity contribution is 0.625. The van der Waals surface area contributed by atoms with Crippen LogP contribution < -0.4 is 0 Å². The Balaban J connectivity index is 4.55. The van der Waals surface area contributed by atoms with Crippen molar-refractivity contribution in [2.45, 2.75) is 130 Å². The van der Waals surface area contributed by atoms with E-state index in [-0.39, 0.29) is 14.0 Å². The average molecular weight is 641 g/mol. The standard InChI is InChI=1S/C24H66N4P2Si6/c1-23(2,3)29-35(25(7)31(11,12)13,26(8)32(14,15)16)30(24(4,5)6)36(29,27(9)33(17,18)19)28(10)34(20,21)22/h1-22H3. The zero-order chi connectivity index (χ0) is 29.5. The van der Waals surface area contributed by atoms with Crippen LogP contribution in [0.4, 0.5) is 0 Å². The summed E-state index contributed by atoms with van der Waals surface area (Å²) in [6.45, 7) is 47.6. The number of rotatable bonds is 8. The molecule has 0 spiro atoms. The van der Waals surface area contributed by atoms with Crippen LogP contribution in [0.15, 0.2) is 0 Å². The van der Waals surface area contributed by atoms with Crippen molar-refractivity contribution in [2.75, 3.05) is 28.2 Å². The van der Waals surface area contributed by atoms with Crippen LogP contribution in [0.25, 0.3) is 0 Å². The third-order valence-electron chi connectivity index (χ3n) is 8.37. The Kier molecular flexibility index (Phi) is 10.4. The second-order valence-corrected chi connectivity index (χ2v) is 65.7. The molecule has 12 heteroatoms. The Morgan fingerprint density at radius 1 is 0.389 bits per heavy atom. The van der Waals surface area contributed by atoms with Crippen LogP contribution in [0.2, 0.25) is 78.6 Å². The molecular formula is C24H66N4P2Si6. The number of hydrogen-bond acceptors (Lipinski definition) is 4. The normalized spacial score (nSPS) is 24.2. The summed E-state index contributed by atoms with van der Waals surface area (Å²) in [5.74, 6) is 0. The first-order valence-corrected chi connectivity index (χ1v) is 37.5. The Hall–Kier alpha value is 2.00. The zero-order valence-electron chi connectivity index (χ0n) is 28.7. The summed E-state index contributed by atoms with van der Waals surface area (Å²) < 4.78 is 12.8. The van der Waals surface area contributed by atoms with Crippen LogP contribution in [0.3, 0.4) is 0 Å². The summed E-state index contributed by atoms with van der Waals surface area (Å²) in [7, 11) is -0.191. The van der Waals surface area contributed by atoms with Gasteiger partial charge in [0.05, 0.1) is 0 Å². The molecule has 0 amide bonds. The van der Waals surface area contributed by atoms with Gasteiger partial charge >= 0.3 is 0 Å². The summed E-state index contributed by atoms with van der Waals surface area (Å²) in [6.07, 6.45) is 0. The highest BCUT2D eigenvalue weighted by Gasteiger charge is 2.86. The largest absolute Gasteiger partial charge is 0.330 e. The Labute approximate surface area is 236 Å². The summed E-state index contributed by atoms with van der Waals surface area (Å²) >= 11 is 0. The van der Waals surface area contributed by atoms with Crippen LogP contribution in [-0.2, 0) is 0 Å². The van der Waals surface area contributed by atoms with Crippen molar-refractivity contribution < 1.29 is 0 Å². The zero-order valence-corrected chi connectivity index (χ0v) is 36.5. The Morgan fingerprint density at radius 3 is 0.611 bits per heavy atom. The van der Waals surface area contributed by atoms with Crippen molar-refractivity contribution in [3.05, 3.63) is 0 Å². The average Bonchev–Trinajstić information content (AvgIpc) is 2.54. The van der Waals surface area contributed by atoms with Crippen molar-refractivity contribution in [3.63, 3.8) is 0 Å². The maximum Gasteiger partial charge on any atom is 0.245 e. The molecule has 1 heterocycles. The minimum atomic E-state index is -2.03. The molecule has 216 valence electrons.